The van der Waals surface area contributed by atoms with Gasteiger partial charge in [0.25, 0.3) is 5.78 Å². The van der Waals surface area contributed by atoms with Crippen molar-refractivity contribution < 1.29 is 0 Å². The van der Waals surface area contributed by atoms with Crippen molar-refractivity contribution in [1.82, 2.24) is 24.6 Å². The van der Waals surface area contributed by atoms with E-state index in [4.69, 9.17) is 0 Å². The lowest BCUT2D eigenvalue weighted by molar-refractivity contribution is 0.816. The van der Waals surface area contributed by atoms with Crippen LogP contribution in [0.5, 0.6) is 0 Å². The molecule has 30 heavy (non-hydrogen) atoms. The number of nitrogens with one attached hydrogen (secondary N) is 1. The lowest BCUT2D eigenvalue weighted by Gasteiger charge is -2.07. The summed E-state index contributed by atoms with van der Waals surface area (Å²) in [5.41, 5.74) is 2.44. The molecular weight excluding hydrogens is 414 g/mol. The summed E-state index contributed by atoms with van der Waals surface area (Å²) < 4.78 is 1.73. The molecule has 1 fully saturated rings. The first-order chi connectivity index (χ1) is 14.7. The Morgan fingerprint density at radius 3 is 2.47 bits per heavy atom. The van der Waals surface area contributed by atoms with Crippen LogP contribution in [0.25, 0.3) is 5.78 Å². The maximum atomic E-state index is 9.65. The van der Waals surface area contributed by atoms with Crippen molar-refractivity contribution in [2.45, 2.75) is 33.6 Å². The molecule has 3 aromatic heterocycles. The minimum Gasteiger partial charge on any atom is -0.323 e. The molecule has 0 aliphatic heterocycles. The third kappa shape index (κ3) is 3.72. The van der Waals surface area contributed by atoms with Crippen LogP contribution in [0.3, 0.4) is 0 Å². The maximum Gasteiger partial charge on any atom is 0.255 e. The quantitative estimate of drug-likeness (QED) is 0.341. The van der Waals surface area contributed by atoms with Crippen LogP contribution in [0, 0.1) is 11.3 Å². The second-order valence-corrected chi connectivity index (χ2v) is 8.79. The summed E-state index contributed by atoms with van der Waals surface area (Å²) in [5.74, 6) is 1.35. The van der Waals surface area contributed by atoms with Crippen molar-refractivity contribution in [1.29, 1.82) is 5.26 Å². The fourth-order valence-electron chi connectivity index (χ4n) is 3.22. The van der Waals surface area contributed by atoms with Crippen molar-refractivity contribution in [3.05, 3.63) is 60.0 Å². The number of thioether (sulfide) groups is 1. The minimum absolute atomic E-state index is 0.357. The summed E-state index contributed by atoms with van der Waals surface area (Å²) in [5, 5.41) is 18.2. The van der Waals surface area contributed by atoms with Crippen LogP contribution < -0.4 is 5.32 Å². The van der Waals surface area contributed by atoms with Gasteiger partial charge in [0.05, 0.1) is 5.69 Å². The van der Waals surface area contributed by atoms with Crippen molar-refractivity contribution in [3.8, 4) is 6.07 Å². The van der Waals surface area contributed by atoms with E-state index in [2.05, 4.69) is 43.6 Å². The highest BCUT2D eigenvalue weighted by atomic mass is 32.2. The van der Waals surface area contributed by atoms with Gasteiger partial charge >= 0.3 is 0 Å². The van der Waals surface area contributed by atoms with Crippen LogP contribution in [0.2, 0.25) is 0 Å². The predicted molar refractivity (Wildman–Crippen MR) is 117 cm³/mol. The summed E-state index contributed by atoms with van der Waals surface area (Å²) in [4.78, 5) is 15.4. The molecule has 1 saturated carbocycles. The van der Waals surface area contributed by atoms with E-state index in [0.717, 1.165) is 34.0 Å². The van der Waals surface area contributed by atoms with Crippen molar-refractivity contribution in [3.63, 3.8) is 0 Å². The van der Waals surface area contributed by atoms with Gasteiger partial charge < -0.3 is 5.32 Å². The Morgan fingerprint density at radius 2 is 1.80 bits per heavy atom. The zero-order chi connectivity index (χ0) is 20.5. The molecule has 1 aliphatic rings. The Labute approximate surface area is 182 Å². The number of nitriles is 1. The topological polar surface area (TPSA) is 91.8 Å². The highest BCUT2D eigenvalue weighted by Crippen LogP contribution is 2.43. The molecule has 0 unspecified atom stereocenters. The van der Waals surface area contributed by atoms with Crippen LogP contribution in [0.4, 0.5) is 11.6 Å². The van der Waals surface area contributed by atoms with E-state index < -0.39 is 0 Å². The molecule has 1 aliphatic carbocycles. The van der Waals surface area contributed by atoms with Crippen LogP contribution in [-0.2, 0) is 0 Å². The SMILES string of the molecule is CSc1nc2nc(Nc3ccc(Sc4ccncc4)cc3)nn2c(C2CC2)c1C#N. The molecule has 0 amide bonds. The number of aromatic nitrogens is 5. The fourth-order valence-corrected chi connectivity index (χ4v) is 4.55. The van der Waals surface area contributed by atoms with Crippen LogP contribution in [0.1, 0.15) is 30.0 Å². The molecule has 3 heterocycles. The fraction of sp³-hybridized carbons (Fsp3) is 0.190. The average Bonchev–Trinajstić information content (AvgIpc) is 3.54. The number of fused-ring (bicyclic) bond motifs is 1. The Bertz CT molecular complexity index is 1240. The third-order valence-electron chi connectivity index (χ3n) is 4.75. The van der Waals surface area contributed by atoms with E-state index in [1.807, 2.05) is 30.5 Å². The highest BCUT2D eigenvalue weighted by molar-refractivity contribution is 7.99. The second kappa shape index (κ2) is 7.97. The number of hydrogen-bond donors (Lipinski definition) is 1. The molecule has 5 rings (SSSR count). The van der Waals surface area contributed by atoms with E-state index >= 15 is 0 Å². The largest absolute Gasteiger partial charge is 0.323 e. The van der Waals surface area contributed by atoms with Crippen molar-refractivity contribution in [2.75, 3.05) is 11.6 Å². The van der Waals surface area contributed by atoms with Gasteiger partial charge in [0.1, 0.15) is 16.7 Å². The summed E-state index contributed by atoms with van der Waals surface area (Å²) >= 11 is 3.15. The lowest BCUT2D eigenvalue weighted by Crippen LogP contribution is -2.05. The molecule has 148 valence electrons. The number of anilines is 2. The predicted octanol–water partition coefficient (Wildman–Crippen LogP) is 4.89. The zero-order valence-electron chi connectivity index (χ0n) is 16.1. The monoisotopic (exact) mass is 431 g/mol. The number of nitrogens with zero attached hydrogens (tertiary/aromatic N) is 6. The van der Waals surface area contributed by atoms with Crippen LogP contribution >= 0.6 is 23.5 Å². The first-order valence-corrected chi connectivity index (χ1v) is 11.5. The molecule has 4 aromatic rings. The summed E-state index contributed by atoms with van der Waals surface area (Å²) in [6.45, 7) is 0. The number of hydrogen-bond acceptors (Lipinski definition) is 8. The molecule has 1 N–H and O–H groups in total. The molecular formula is C21H17N7S2. The number of pyridine rings is 1. The van der Waals surface area contributed by atoms with Gasteiger partial charge in [0, 0.05) is 33.8 Å². The highest BCUT2D eigenvalue weighted by Gasteiger charge is 2.32. The van der Waals surface area contributed by atoms with Crippen LogP contribution in [0.15, 0.2) is 63.6 Å². The van der Waals surface area contributed by atoms with E-state index in [0.29, 0.717) is 28.2 Å². The van der Waals surface area contributed by atoms with Gasteiger partial charge in [0.15, 0.2) is 0 Å². The second-order valence-electron chi connectivity index (χ2n) is 6.85. The van der Waals surface area contributed by atoms with Gasteiger partial charge in [-0.05, 0) is 55.5 Å². The summed E-state index contributed by atoms with van der Waals surface area (Å²) in [6, 6.07) is 14.4. The number of benzene rings is 1. The molecule has 0 spiro atoms. The van der Waals surface area contributed by atoms with Crippen molar-refractivity contribution >= 4 is 40.9 Å². The third-order valence-corrected chi connectivity index (χ3v) is 6.45. The summed E-state index contributed by atoms with van der Waals surface area (Å²) in [6.07, 6.45) is 7.65. The number of rotatable bonds is 6. The van der Waals surface area contributed by atoms with E-state index in [9.17, 15) is 5.26 Å². The zero-order valence-corrected chi connectivity index (χ0v) is 17.7. The lowest BCUT2D eigenvalue weighted by atomic mass is 10.2. The molecule has 0 bridgehead atoms. The Morgan fingerprint density at radius 1 is 1.07 bits per heavy atom. The molecule has 1 aromatic carbocycles. The smallest absolute Gasteiger partial charge is 0.255 e. The normalized spacial score (nSPS) is 13.3. The van der Waals surface area contributed by atoms with E-state index in [1.54, 1.807) is 28.7 Å². The Balaban J connectivity index is 1.42. The molecule has 7 nitrogen and oxygen atoms in total. The molecule has 0 radical (unpaired) electrons. The molecule has 0 atom stereocenters. The first-order valence-electron chi connectivity index (χ1n) is 9.45. The minimum atomic E-state index is 0.357. The van der Waals surface area contributed by atoms with E-state index in [-0.39, 0.29) is 0 Å². The van der Waals surface area contributed by atoms with Gasteiger partial charge in [-0.15, -0.1) is 16.9 Å². The van der Waals surface area contributed by atoms with Gasteiger partial charge in [-0.3, -0.25) is 4.98 Å². The van der Waals surface area contributed by atoms with Gasteiger partial charge in [-0.2, -0.15) is 14.8 Å². The van der Waals surface area contributed by atoms with Gasteiger partial charge in [-0.1, -0.05) is 11.8 Å². The Hall–Kier alpha value is -3.09. The average molecular weight is 432 g/mol. The molecule has 9 heteroatoms. The van der Waals surface area contributed by atoms with Crippen LogP contribution in [-0.4, -0.2) is 30.8 Å². The summed E-state index contributed by atoms with van der Waals surface area (Å²) in [7, 11) is 0. The molecule has 0 saturated heterocycles. The van der Waals surface area contributed by atoms with Gasteiger partial charge in [0.2, 0.25) is 5.95 Å². The van der Waals surface area contributed by atoms with Crippen molar-refractivity contribution in [2.24, 2.45) is 0 Å². The Kier molecular flexibility index (Phi) is 5.02. The maximum absolute atomic E-state index is 9.65. The van der Waals surface area contributed by atoms with E-state index in [1.165, 1.54) is 11.8 Å². The van der Waals surface area contributed by atoms with Gasteiger partial charge in [-0.25, -0.2) is 4.98 Å². The standard InChI is InChI=1S/C21H17N7S2/c1-29-19-17(12-22)18(13-2-3-13)28-21(25-19)26-20(27-28)24-14-4-6-15(7-5-14)30-16-8-10-23-11-9-16/h4-11,13H,2-3H2,1H3,(H,24,27). The first kappa shape index (κ1) is 18.9.